The minimum atomic E-state index is -0.445. The molecule has 1 aromatic rings. The van der Waals surface area contributed by atoms with Crippen molar-refractivity contribution in [2.24, 2.45) is 0 Å². The average Bonchev–Trinajstić information content (AvgIpc) is 2.08. The summed E-state index contributed by atoms with van der Waals surface area (Å²) in [4.78, 5) is 13.9. The molecule has 0 aliphatic heterocycles. The number of rotatable bonds is 3. The number of hydrogen-bond donors (Lipinski definition) is 0. The lowest BCUT2D eigenvalue weighted by molar-refractivity contribution is -0.385. The number of hydrogen-bond acceptors (Lipinski definition) is 4. The highest BCUT2D eigenvalue weighted by Gasteiger charge is 2.14. The number of pyridine rings is 1. The summed E-state index contributed by atoms with van der Waals surface area (Å²) in [6, 6.07) is 1.36. The Kier molecular flexibility index (Phi) is 2.79. The summed E-state index contributed by atoms with van der Waals surface area (Å²) >= 11 is 0. The van der Waals surface area contributed by atoms with Crippen LogP contribution in [0.3, 0.4) is 0 Å². The minimum Gasteiger partial charge on any atom is -0.478 e. The molecule has 0 bridgehead atoms. The highest BCUT2D eigenvalue weighted by Crippen LogP contribution is 2.24. The first kappa shape index (κ1) is 9.44. The third-order valence-corrected chi connectivity index (χ3v) is 1.61. The zero-order valence-corrected chi connectivity index (χ0v) is 7.48. The fourth-order valence-corrected chi connectivity index (χ4v) is 0.987. The summed E-state index contributed by atoms with van der Waals surface area (Å²) in [5, 5.41) is 10.5. The normalized spacial score (nSPS) is 9.69. The molecule has 0 atom stereocenters. The van der Waals surface area contributed by atoms with E-state index in [1.165, 1.54) is 12.3 Å². The van der Waals surface area contributed by atoms with E-state index < -0.39 is 4.92 Å². The van der Waals surface area contributed by atoms with Crippen molar-refractivity contribution in [2.45, 2.75) is 13.8 Å². The molecule has 0 fully saturated rings. The maximum absolute atomic E-state index is 10.5. The van der Waals surface area contributed by atoms with Crippen LogP contribution >= 0.6 is 0 Å². The van der Waals surface area contributed by atoms with Crippen molar-refractivity contribution >= 4 is 5.69 Å². The van der Waals surface area contributed by atoms with Gasteiger partial charge in [-0.05, 0) is 13.8 Å². The zero-order valence-electron chi connectivity index (χ0n) is 7.48. The molecule has 5 heteroatoms. The highest BCUT2D eigenvalue weighted by molar-refractivity contribution is 5.43. The third kappa shape index (κ3) is 1.93. The molecule has 0 radical (unpaired) electrons. The SMILES string of the molecule is CCOc1nccc([N+](=O)[O-])c1C. The van der Waals surface area contributed by atoms with Gasteiger partial charge in [0.1, 0.15) is 0 Å². The fourth-order valence-electron chi connectivity index (χ4n) is 0.987. The lowest BCUT2D eigenvalue weighted by atomic mass is 10.2. The predicted molar refractivity (Wildman–Crippen MR) is 46.8 cm³/mol. The van der Waals surface area contributed by atoms with Gasteiger partial charge in [-0.3, -0.25) is 10.1 Å². The lowest BCUT2D eigenvalue weighted by Gasteiger charge is -2.04. The number of nitro groups is 1. The average molecular weight is 182 g/mol. The van der Waals surface area contributed by atoms with Crippen LogP contribution in [0, 0.1) is 17.0 Å². The van der Waals surface area contributed by atoms with Crippen LogP contribution in [0.25, 0.3) is 0 Å². The molecule has 1 heterocycles. The number of ether oxygens (including phenoxy) is 1. The predicted octanol–water partition coefficient (Wildman–Crippen LogP) is 1.70. The molecule has 0 aliphatic rings. The molecule has 0 N–H and O–H groups in total. The molecule has 0 saturated carbocycles. The fraction of sp³-hybridized carbons (Fsp3) is 0.375. The van der Waals surface area contributed by atoms with Gasteiger partial charge >= 0.3 is 0 Å². The summed E-state index contributed by atoms with van der Waals surface area (Å²) < 4.78 is 5.11. The Morgan fingerprint density at radius 1 is 1.69 bits per heavy atom. The molecule has 0 unspecified atom stereocenters. The van der Waals surface area contributed by atoms with Crippen molar-refractivity contribution in [3.63, 3.8) is 0 Å². The van der Waals surface area contributed by atoms with Crippen LogP contribution in [0.15, 0.2) is 12.3 Å². The molecule has 5 nitrogen and oxygen atoms in total. The van der Waals surface area contributed by atoms with Gasteiger partial charge in [-0.15, -0.1) is 0 Å². The molecule has 0 aromatic carbocycles. The Hall–Kier alpha value is -1.65. The van der Waals surface area contributed by atoms with Crippen LogP contribution in [0.4, 0.5) is 5.69 Å². The van der Waals surface area contributed by atoms with E-state index in [-0.39, 0.29) is 5.69 Å². The molecule has 0 saturated heterocycles. The second-order valence-electron chi connectivity index (χ2n) is 2.45. The van der Waals surface area contributed by atoms with E-state index in [1.54, 1.807) is 13.8 Å². The van der Waals surface area contributed by atoms with Crippen LogP contribution in [0.5, 0.6) is 5.88 Å². The van der Waals surface area contributed by atoms with Crippen LogP contribution in [0.2, 0.25) is 0 Å². The minimum absolute atomic E-state index is 0.0402. The molecular weight excluding hydrogens is 172 g/mol. The quantitative estimate of drug-likeness (QED) is 0.527. The van der Waals surface area contributed by atoms with E-state index in [0.717, 1.165) is 0 Å². The molecule has 70 valence electrons. The molecule has 0 amide bonds. The summed E-state index contributed by atoms with van der Waals surface area (Å²) in [5.74, 6) is 0.330. The van der Waals surface area contributed by atoms with Gasteiger partial charge in [-0.2, -0.15) is 0 Å². The second-order valence-corrected chi connectivity index (χ2v) is 2.45. The van der Waals surface area contributed by atoms with E-state index in [0.29, 0.717) is 18.1 Å². The molecular formula is C8H10N2O3. The van der Waals surface area contributed by atoms with E-state index in [4.69, 9.17) is 4.74 Å². The lowest BCUT2D eigenvalue weighted by Crippen LogP contribution is -1.99. The Bertz CT molecular complexity index is 325. The van der Waals surface area contributed by atoms with Crippen molar-refractivity contribution in [2.75, 3.05) is 6.61 Å². The first-order chi connectivity index (χ1) is 6.16. The largest absolute Gasteiger partial charge is 0.478 e. The van der Waals surface area contributed by atoms with E-state index in [1.807, 2.05) is 0 Å². The standard InChI is InChI=1S/C8H10N2O3/c1-3-13-8-6(2)7(10(11)12)4-5-9-8/h4-5H,3H2,1-2H3. The van der Waals surface area contributed by atoms with Gasteiger partial charge in [0.25, 0.3) is 5.69 Å². The maximum Gasteiger partial charge on any atom is 0.279 e. The van der Waals surface area contributed by atoms with Crippen LogP contribution in [0.1, 0.15) is 12.5 Å². The zero-order chi connectivity index (χ0) is 9.84. The Balaban J connectivity index is 3.10. The highest BCUT2D eigenvalue weighted by atomic mass is 16.6. The van der Waals surface area contributed by atoms with Crippen molar-refractivity contribution in [3.05, 3.63) is 27.9 Å². The molecule has 1 rings (SSSR count). The van der Waals surface area contributed by atoms with Crippen molar-refractivity contribution in [1.29, 1.82) is 0 Å². The monoisotopic (exact) mass is 182 g/mol. The Morgan fingerprint density at radius 2 is 2.38 bits per heavy atom. The van der Waals surface area contributed by atoms with Crippen LogP contribution in [-0.2, 0) is 0 Å². The van der Waals surface area contributed by atoms with Crippen LogP contribution < -0.4 is 4.74 Å². The van der Waals surface area contributed by atoms with Gasteiger partial charge in [0, 0.05) is 12.3 Å². The first-order valence-corrected chi connectivity index (χ1v) is 3.89. The Labute approximate surface area is 75.5 Å². The first-order valence-electron chi connectivity index (χ1n) is 3.89. The van der Waals surface area contributed by atoms with Gasteiger partial charge in [-0.25, -0.2) is 4.98 Å². The molecule has 13 heavy (non-hydrogen) atoms. The van der Waals surface area contributed by atoms with E-state index >= 15 is 0 Å². The van der Waals surface area contributed by atoms with E-state index in [9.17, 15) is 10.1 Å². The van der Waals surface area contributed by atoms with Crippen molar-refractivity contribution in [1.82, 2.24) is 4.98 Å². The summed E-state index contributed by atoms with van der Waals surface area (Å²) in [6.45, 7) is 3.88. The smallest absolute Gasteiger partial charge is 0.279 e. The van der Waals surface area contributed by atoms with Gasteiger partial charge in [-0.1, -0.05) is 0 Å². The molecule has 1 aromatic heterocycles. The van der Waals surface area contributed by atoms with Crippen molar-refractivity contribution < 1.29 is 9.66 Å². The van der Waals surface area contributed by atoms with Gasteiger partial charge in [0.05, 0.1) is 17.1 Å². The van der Waals surface area contributed by atoms with Crippen molar-refractivity contribution in [3.8, 4) is 5.88 Å². The second kappa shape index (κ2) is 3.84. The molecule has 0 aliphatic carbocycles. The summed E-state index contributed by atoms with van der Waals surface area (Å²) in [7, 11) is 0. The summed E-state index contributed by atoms with van der Waals surface area (Å²) in [5.41, 5.74) is 0.507. The maximum atomic E-state index is 10.5. The third-order valence-electron chi connectivity index (χ3n) is 1.61. The number of nitrogens with zero attached hydrogens (tertiary/aromatic N) is 2. The van der Waals surface area contributed by atoms with Gasteiger partial charge < -0.3 is 4.74 Å². The Morgan fingerprint density at radius 3 is 2.92 bits per heavy atom. The molecule has 0 spiro atoms. The van der Waals surface area contributed by atoms with Gasteiger partial charge in [0.2, 0.25) is 5.88 Å². The van der Waals surface area contributed by atoms with Gasteiger partial charge in [0.15, 0.2) is 0 Å². The van der Waals surface area contributed by atoms with Crippen LogP contribution in [-0.4, -0.2) is 16.5 Å². The summed E-state index contributed by atoms with van der Waals surface area (Å²) in [6.07, 6.45) is 1.37. The topological polar surface area (TPSA) is 65.3 Å². The van der Waals surface area contributed by atoms with E-state index in [2.05, 4.69) is 4.98 Å². The number of aromatic nitrogens is 1.